The summed E-state index contributed by atoms with van der Waals surface area (Å²) in [5.41, 5.74) is 0. The lowest BCUT2D eigenvalue weighted by Crippen LogP contribution is -2.60. The lowest BCUT2D eigenvalue weighted by atomic mass is 9.96. The van der Waals surface area contributed by atoms with Crippen LogP contribution < -0.4 is 0 Å². The van der Waals surface area contributed by atoms with Crippen LogP contribution in [0.15, 0.2) is 0 Å². The highest BCUT2D eigenvalue weighted by molar-refractivity contribution is 4.95. The second-order valence-electron chi connectivity index (χ2n) is 6.44. The minimum absolute atomic E-state index is 0.126. The summed E-state index contributed by atoms with van der Waals surface area (Å²) in [6.07, 6.45) is 2.70. The number of nitrogens with zero attached hydrogens (tertiary/aromatic N) is 1. The van der Waals surface area contributed by atoms with Crippen molar-refractivity contribution in [2.75, 3.05) is 26.3 Å². The predicted molar refractivity (Wildman–Crippen MR) is 69.6 cm³/mol. The second-order valence-corrected chi connectivity index (χ2v) is 6.44. The van der Waals surface area contributed by atoms with Crippen LogP contribution in [0.25, 0.3) is 0 Å². The van der Waals surface area contributed by atoms with E-state index in [4.69, 9.17) is 9.84 Å². The molecule has 0 bridgehead atoms. The molecule has 0 spiro atoms. The van der Waals surface area contributed by atoms with E-state index in [0.717, 1.165) is 24.9 Å². The van der Waals surface area contributed by atoms with Crippen molar-refractivity contribution >= 4 is 0 Å². The van der Waals surface area contributed by atoms with E-state index in [-0.39, 0.29) is 12.6 Å². The van der Waals surface area contributed by atoms with Gasteiger partial charge in [-0.3, -0.25) is 4.90 Å². The minimum Gasteiger partial charge on any atom is -0.394 e. The van der Waals surface area contributed by atoms with Gasteiger partial charge in [-0.15, -0.1) is 0 Å². The molecule has 3 aliphatic rings. The van der Waals surface area contributed by atoms with Gasteiger partial charge in [0.1, 0.15) is 18.3 Å². The first-order valence-corrected chi connectivity index (χ1v) is 7.51. The Hall–Kier alpha value is -0.200. The molecule has 0 aromatic heterocycles. The fourth-order valence-electron chi connectivity index (χ4n) is 2.96. The maximum atomic E-state index is 10.3. The molecule has 3 fully saturated rings. The summed E-state index contributed by atoms with van der Waals surface area (Å²) in [7, 11) is 0. The van der Waals surface area contributed by atoms with E-state index in [1.54, 1.807) is 0 Å². The van der Waals surface area contributed by atoms with Crippen LogP contribution in [0.2, 0.25) is 0 Å². The van der Waals surface area contributed by atoms with Crippen LogP contribution in [0.3, 0.4) is 0 Å². The Morgan fingerprint density at radius 1 is 0.947 bits per heavy atom. The van der Waals surface area contributed by atoms with Crippen molar-refractivity contribution < 1.29 is 20.1 Å². The highest BCUT2D eigenvalue weighted by Gasteiger charge is 2.43. The summed E-state index contributed by atoms with van der Waals surface area (Å²) in [6, 6.07) is -0.126. The van der Waals surface area contributed by atoms with Crippen molar-refractivity contribution in [1.82, 2.24) is 4.90 Å². The molecule has 19 heavy (non-hydrogen) atoms. The number of rotatable bonds is 6. The third kappa shape index (κ3) is 3.28. The summed E-state index contributed by atoms with van der Waals surface area (Å²) < 4.78 is 5.51. The highest BCUT2D eigenvalue weighted by Crippen LogP contribution is 2.35. The fraction of sp³-hybridized carbons (Fsp3) is 1.00. The van der Waals surface area contributed by atoms with E-state index >= 15 is 0 Å². The van der Waals surface area contributed by atoms with Gasteiger partial charge in [0.15, 0.2) is 0 Å². The Kier molecular flexibility index (Phi) is 4.10. The van der Waals surface area contributed by atoms with Crippen LogP contribution in [-0.2, 0) is 4.74 Å². The average Bonchev–Trinajstić information content (AvgIpc) is 3.27. The maximum absolute atomic E-state index is 10.3. The molecular formula is C14H25NO4. The van der Waals surface area contributed by atoms with Crippen LogP contribution in [-0.4, -0.2) is 70.9 Å². The Balaban J connectivity index is 1.62. The van der Waals surface area contributed by atoms with Crippen LogP contribution in [0.5, 0.6) is 0 Å². The molecular weight excluding hydrogens is 246 g/mol. The molecule has 0 aromatic carbocycles. The summed E-state index contributed by atoms with van der Waals surface area (Å²) in [5, 5.41) is 29.4. The van der Waals surface area contributed by atoms with Gasteiger partial charge in [0.05, 0.1) is 19.3 Å². The first-order chi connectivity index (χ1) is 9.19. The molecule has 0 unspecified atom stereocenters. The van der Waals surface area contributed by atoms with E-state index in [1.165, 1.54) is 25.7 Å². The Morgan fingerprint density at radius 2 is 1.53 bits per heavy atom. The molecule has 0 aromatic rings. The molecule has 1 saturated heterocycles. The van der Waals surface area contributed by atoms with Gasteiger partial charge in [0.2, 0.25) is 0 Å². The van der Waals surface area contributed by atoms with Crippen molar-refractivity contribution in [2.45, 2.75) is 50.0 Å². The van der Waals surface area contributed by atoms with Crippen molar-refractivity contribution in [3.63, 3.8) is 0 Å². The van der Waals surface area contributed by atoms with Gasteiger partial charge in [-0.25, -0.2) is 0 Å². The summed E-state index contributed by atoms with van der Waals surface area (Å²) in [6.45, 7) is 2.19. The molecule has 2 aliphatic carbocycles. The maximum Gasteiger partial charge on any atom is 0.110 e. The van der Waals surface area contributed by atoms with Crippen LogP contribution in [0.4, 0.5) is 0 Å². The Bertz CT molecular complexity index is 292. The molecule has 1 heterocycles. The van der Waals surface area contributed by atoms with E-state index in [2.05, 4.69) is 4.90 Å². The van der Waals surface area contributed by atoms with Crippen LogP contribution in [0, 0.1) is 11.8 Å². The van der Waals surface area contributed by atoms with E-state index < -0.39 is 18.3 Å². The van der Waals surface area contributed by atoms with Crippen LogP contribution >= 0.6 is 0 Å². The molecule has 1 aliphatic heterocycles. The number of aliphatic hydroxyl groups excluding tert-OH is 3. The van der Waals surface area contributed by atoms with Crippen molar-refractivity contribution in [2.24, 2.45) is 11.8 Å². The largest absolute Gasteiger partial charge is 0.394 e. The third-order valence-corrected chi connectivity index (χ3v) is 4.63. The molecule has 0 radical (unpaired) electrons. The van der Waals surface area contributed by atoms with Crippen molar-refractivity contribution in [1.29, 1.82) is 0 Å². The fourth-order valence-corrected chi connectivity index (χ4v) is 2.96. The summed E-state index contributed by atoms with van der Waals surface area (Å²) >= 11 is 0. The predicted octanol–water partition coefficient (Wildman–Crippen LogP) is -0.410. The zero-order valence-electron chi connectivity index (χ0n) is 11.3. The average molecular weight is 271 g/mol. The lowest BCUT2D eigenvalue weighted by Gasteiger charge is -2.42. The Morgan fingerprint density at radius 3 is 2.00 bits per heavy atom. The quantitative estimate of drug-likeness (QED) is 0.612. The molecule has 5 nitrogen and oxygen atoms in total. The molecule has 3 N–H and O–H groups in total. The van der Waals surface area contributed by atoms with Gasteiger partial charge < -0.3 is 20.1 Å². The van der Waals surface area contributed by atoms with Crippen molar-refractivity contribution in [3.05, 3.63) is 0 Å². The zero-order valence-corrected chi connectivity index (χ0v) is 11.3. The standard InChI is InChI=1S/C14H25NO4/c16-7-12-14(18)13(17)11(8-19-12)15(5-9-1-2-9)6-10-3-4-10/h9-14,16-18H,1-8H2/t11-,12+,13+,14-/m0/s1. The number of hydrogen-bond acceptors (Lipinski definition) is 5. The number of ether oxygens (including phenoxy) is 1. The molecule has 0 amide bonds. The van der Waals surface area contributed by atoms with Crippen molar-refractivity contribution in [3.8, 4) is 0 Å². The second kappa shape index (κ2) is 5.66. The van der Waals surface area contributed by atoms with E-state index in [1.807, 2.05) is 0 Å². The van der Waals surface area contributed by atoms with Gasteiger partial charge in [0.25, 0.3) is 0 Å². The normalized spacial score (nSPS) is 39.8. The molecule has 2 saturated carbocycles. The highest BCUT2D eigenvalue weighted by atomic mass is 16.5. The van der Waals surface area contributed by atoms with Gasteiger partial charge in [0, 0.05) is 13.1 Å². The van der Waals surface area contributed by atoms with Crippen LogP contribution in [0.1, 0.15) is 25.7 Å². The van der Waals surface area contributed by atoms with E-state index in [9.17, 15) is 10.2 Å². The lowest BCUT2D eigenvalue weighted by molar-refractivity contribution is -0.182. The molecule has 4 atom stereocenters. The number of hydrogen-bond donors (Lipinski definition) is 3. The van der Waals surface area contributed by atoms with E-state index in [0.29, 0.717) is 6.61 Å². The first-order valence-electron chi connectivity index (χ1n) is 7.51. The first kappa shape index (κ1) is 13.8. The summed E-state index contributed by atoms with van der Waals surface area (Å²) in [5.74, 6) is 1.53. The molecule has 3 rings (SSSR count). The molecule has 5 heteroatoms. The van der Waals surface area contributed by atoms with Gasteiger partial charge in [-0.05, 0) is 37.5 Å². The number of aliphatic hydroxyl groups is 3. The minimum atomic E-state index is -0.982. The summed E-state index contributed by atoms with van der Waals surface area (Å²) in [4.78, 5) is 2.32. The third-order valence-electron chi connectivity index (χ3n) is 4.63. The SMILES string of the molecule is OC[C@H]1OC[C@H](N(CC2CC2)CC2CC2)[C@@H](O)[C@H]1O. The Labute approximate surface area is 114 Å². The monoisotopic (exact) mass is 271 g/mol. The van der Waals surface area contributed by atoms with Gasteiger partial charge in [-0.1, -0.05) is 0 Å². The smallest absolute Gasteiger partial charge is 0.110 e. The topological polar surface area (TPSA) is 73.2 Å². The van der Waals surface area contributed by atoms with Gasteiger partial charge in [-0.2, -0.15) is 0 Å². The zero-order chi connectivity index (χ0) is 13.4. The van der Waals surface area contributed by atoms with Gasteiger partial charge >= 0.3 is 0 Å². The molecule has 110 valence electrons.